The average Bonchev–Trinajstić information content (AvgIpc) is 3.23. The molecular formula is C26H34ClN3O2S. The van der Waals surface area contributed by atoms with E-state index in [1.54, 1.807) is 11.3 Å². The molecule has 1 amide bonds. The first-order chi connectivity index (χ1) is 16.0. The van der Waals surface area contributed by atoms with Gasteiger partial charge < -0.3 is 4.74 Å². The van der Waals surface area contributed by atoms with E-state index >= 15 is 0 Å². The van der Waals surface area contributed by atoms with Crippen LogP contribution in [0.1, 0.15) is 50.5 Å². The van der Waals surface area contributed by atoms with Crippen LogP contribution >= 0.6 is 22.9 Å². The van der Waals surface area contributed by atoms with Crippen molar-refractivity contribution in [3.63, 3.8) is 0 Å². The van der Waals surface area contributed by atoms with Crippen molar-refractivity contribution >= 4 is 44.2 Å². The second-order valence-electron chi connectivity index (χ2n) is 11.0. The van der Waals surface area contributed by atoms with Crippen molar-refractivity contribution in [2.75, 3.05) is 44.3 Å². The Morgan fingerprint density at radius 2 is 1.85 bits per heavy atom. The van der Waals surface area contributed by atoms with Crippen molar-refractivity contribution in [2.45, 2.75) is 51.9 Å². The number of amides is 1. The van der Waals surface area contributed by atoms with Gasteiger partial charge in [-0.2, -0.15) is 0 Å². The monoisotopic (exact) mass is 487 g/mol. The molecule has 0 N–H and O–H groups in total. The van der Waals surface area contributed by atoms with Crippen LogP contribution in [0.3, 0.4) is 0 Å². The minimum absolute atomic E-state index is 0.155. The molecule has 0 atom stereocenters. The van der Waals surface area contributed by atoms with E-state index in [-0.39, 0.29) is 5.41 Å². The van der Waals surface area contributed by atoms with Gasteiger partial charge in [0.2, 0.25) is 5.91 Å². The van der Waals surface area contributed by atoms with Crippen molar-refractivity contribution in [3.8, 4) is 0 Å². The number of nitrogens with zero attached hydrogens (tertiary/aromatic N) is 3. The van der Waals surface area contributed by atoms with Crippen LogP contribution in [0.5, 0.6) is 0 Å². The van der Waals surface area contributed by atoms with E-state index in [9.17, 15) is 4.79 Å². The SMILES string of the molecule is Cc1c(Cl)ccc2sc(N(CCCN3CCOCC3)C(=O)C34CC5CC(CC(C5)C3)C4)nc12. The molecule has 5 fully saturated rings. The third-order valence-corrected chi connectivity index (χ3v) is 10.1. The number of thiazole rings is 1. The second-order valence-corrected chi connectivity index (χ2v) is 12.4. The largest absolute Gasteiger partial charge is 0.379 e. The van der Waals surface area contributed by atoms with Crippen molar-refractivity contribution in [1.29, 1.82) is 0 Å². The molecule has 5 nitrogen and oxygen atoms in total. The van der Waals surface area contributed by atoms with Gasteiger partial charge >= 0.3 is 0 Å². The summed E-state index contributed by atoms with van der Waals surface area (Å²) < 4.78 is 6.62. The molecule has 0 unspecified atom stereocenters. The van der Waals surface area contributed by atoms with Crippen LogP contribution in [-0.2, 0) is 9.53 Å². The highest BCUT2D eigenvalue weighted by Gasteiger charge is 2.56. The van der Waals surface area contributed by atoms with Gasteiger partial charge in [0.1, 0.15) is 0 Å². The summed E-state index contributed by atoms with van der Waals surface area (Å²) in [5.74, 6) is 2.62. The molecule has 7 heteroatoms. The molecule has 33 heavy (non-hydrogen) atoms. The lowest BCUT2D eigenvalue weighted by atomic mass is 9.49. The first-order valence-corrected chi connectivity index (χ1v) is 13.9. The predicted molar refractivity (Wildman–Crippen MR) is 134 cm³/mol. The number of rotatable bonds is 6. The minimum atomic E-state index is -0.155. The third-order valence-electron chi connectivity index (χ3n) is 8.66. The summed E-state index contributed by atoms with van der Waals surface area (Å²) in [5.41, 5.74) is 1.80. The summed E-state index contributed by atoms with van der Waals surface area (Å²) in [6.07, 6.45) is 8.29. The standard InChI is InChI=1S/C26H34ClN3O2S/c1-17-21(27)3-4-22-23(17)28-25(33-22)30(6-2-5-29-7-9-32-10-8-29)24(31)26-14-18-11-19(15-26)13-20(12-18)16-26/h3-4,18-20H,2,5-16H2,1H3. The van der Waals surface area contributed by atoms with Crippen molar-refractivity contribution in [1.82, 2.24) is 9.88 Å². The lowest BCUT2D eigenvalue weighted by Gasteiger charge is -2.56. The Balaban J connectivity index is 1.29. The molecular weight excluding hydrogens is 454 g/mol. The molecule has 0 spiro atoms. The summed E-state index contributed by atoms with van der Waals surface area (Å²) in [4.78, 5) is 23.9. The fourth-order valence-electron chi connectivity index (χ4n) is 7.42. The Bertz CT molecular complexity index is 1010. The zero-order valence-electron chi connectivity index (χ0n) is 19.5. The zero-order valence-corrected chi connectivity index (χ0v) is 21.1. The lowest BCUT2D eigenvalue weighted by Crippen LogP contribution is -2.55. The number of anilines is 1. The summed E-state index contributed by atoms with van der Waals surface area (Å²) in [5, 5.41) is 1.60. The molecule has 178 valence electrons. The highest BCUT2D eigenvalue weighted by Crippen LogP contribution is 2.60. The molecule has 4 bridgehead atoms. The maximum absolute atomic E-state index is 14.3. The number of aryl methyl sites for hydroxylation is 1. The number of carbonyl (C=O) groups is 1. The second kappa shape index (κ2) is 8.78. The highest BCUT2D eigenvalue weighted by molar-refractivity contribution is 7.22. The van der Waals surface area contributed by atoms with Crippen LogP contribution in [0, 0.1) is 30.1 Å². The molecule has 1 saturated heterocycles. The fraction of sp³-hybridized carbons (Fsp3) is 0.692. The summed E-state index contributed by atoms with van der Waals surface area (Å²) in [7, 11) is 0. The number of halogens is 1. The maximum Gasteiger partial charge on any atom is 0.235 e. The summed E-state index contributed by atoms with van der Waals surface area (Å²) in [6.45, 7) is 7.37. The van der Waals surface area contributed by atoms with E-state index in [0.717, 1.165) is 109 Å². The Hall–Kier alpha value is -1.21. The number of morpholine rings is 1. The Morgan fingerprint density at radius 1 is 1.18 bits per heavy atom. The number of benzene rings is 1. The number of fused-ring (bicyclic) bond motifs is 1. The van der Waals surface area contributed by atoms with Gasteiger partial charge in [-0.15, -0.1) is 0 Å². The highest BCUT2D eigenvalue weighted by atomic mass is 35.5. The third kappa shape index (κ3) is 4.11. The molecule has 1 aromatic heterocycles. The molecule has 7 rings (SSSR count). The number of hydrogen-bond acceptors (Lipinski definition) is 5. The number of ether oxygens (including phenoxy) is 1. The van der Waals surface area contributed by atoms with E-state index in [1.807, 2.05) is 19.1 Å². The zero-order chi connectivity index (χ0) is 22.6. The summed E-state index contributed by atoms with van der Waals surface area (Å²) in [6, 6.07) is 4.00. The number of aromatic nitrogens is 1. The van der Waals surface area contributed by atoms with E-state index < -0.39 is 0 Å². The quantitative estimate of drug-likeness (QED) is 0.537. The van der Waals surface area contributed by atoms with Gasteiger partial charge in [-0.25, -0.2) is 4.98 Å². The minimum Gasteiger partial charge on any atom is -0.379 e. The average molecular weight is 488 g/mol. The van der Waals surface area contributed by atoms with Crippen LogP contribution in [0.2, 0.25) is 5.02 Å². The molecule has 1 aromatic carbocycles. The predicted octanol–water partition coefficient (Wildman–Crippen LogP) is 5.53. The van der Waals surface area contributed by atoms with Gasteiger partial charge in [-0.1, -0.05) is 22.9 Å². The van der Waals surface area contributed by atoms with Gasteiger partial charge in [0, 0.05) is 31.2 Å². The molecule has 2 aromatic rings. The van der Waals surface area contributed by atoms with E-state index in [4.69, 9.17) is 21.3 Å². The van der Waals surface area contributed by atoms with Crippen LogP contribution < -0.4 is 4.90 Å². The van der Waals surface area contributed by atoms with Gasteiger partial charge in [0.15, 0.2) is 5.13 Å². The number of carbonyl (C=O) groups excluding carboxylic acids is 1. The molecule has 4 saturated carbocycles. The number of hydrogen-bond donors (Lipinski definition) is 0. The molecule has 5 aliphatic rings. The fourth-order valence-corrected chi connectivity index (χ4v) is 8.63. The van der Waals surface area contributed by atoms with Crippen molar-refractivity contribution < 1.29 is 9.53 Å². The maximum atomic E-state index is 14.3. The van der Waals surface area contributed by atoms with E-state index in [1.165, 1.54) is 19.3 Å². The Labute approximate surface area is 205 Å². The first-order valence-electron chi connectivity index (χ1n) is 12.7. The molecule has 2 heterocycles. The van der Waals surface area contributed by atoms with Crippen molar-refractivity contribution in [2.24, 2.45) is 23.2 Å². The molecule has 1 aliphatic heterocycles. The molecule has 0 radical (unpaired) electrons. The lowest BCUT2D eigenvalue weighted by molar-refractivity contribution is -0.143. The van der Waals surface area contributed by atoms with E-state index in [0.29, 0.717) is 5.91 Å². The van der Waals surface area contributed by atoms with Gasteiger partial charge in [0.25, 0.3) is 0 Å². The Morgan fingerprint density at radius 3 is 2.52 bits per heavy atom. The first kappa shape index (κ1) is 22.3. The molecule has 4 aliphatic carbocycles. The van der Waals surface area contributed by atoms with Crippen molar-refractivity contribution in [3.05, 3.63) is 22.7 Å². The van der Waals surface area contributed by atoms with Gasteiger partial charge in [-0.3, -0.25) is 14.6 Å². The summed E-state index contributed by atoms with van der Waals surface area (Å²) >= 11 is 8.04. The Kier molecular flexibility index (Phi) is 5.92. The van der Waals surface area contributed by atoms with Crippen LogP contribution in [0.4, 0.5) is 5.13 Å². The van der Waals surface area contributed by atoms with Crippen LogP contribution in [0.15, 0.2) is 12.1 Å². The normalized spacial score (nSPS) is 31.4. The topological polar surface area (TPSA) is 45.7 Å². The van der Waals surface area contributed by atoms with E-state index in [2.05, 4.69) is 9.80 Å². The van der Waals surface area contributed by atoms with Gasteiger partial charge in [0.05, 0.1) is 28.8 Å². The van der Waals surface area contributed by atoms with Crippen LogP contribution in [0.25, 0.3) is 10.2 Å². The van der Waals surface area contributed by atoms with Gasteiger partial charge in [-0.05, 0) is 87.3 Å². The smallest absolute Gasteiger partial charge is 0.235 e. The van der Waals surface area contributed by atoms with Crippen LogP contribution in [-0.4, -0.2) is 55.2 Å².